The number of hydrogen-bond acceptors (Lipinski definition) is 6. The Hall–Kier alpha value is -1.71. The van der Waals surface area contributed by atoms with Crippen molar-refractivity contribution in [1.82, 2.24) is 4.31 Å². The number of nitro groups is 1. The fourth-order valence-electron chi connectivity index (χ4n) is 4.14. The molecule has 2 aliphatic heterocycles. The van der Waals surface area contributed by atoms with Gasteiger partial charge in [-0.05, 0) is 43.2 Å². The number of aliphatic hydroxyl groups is 1. The minimum Gasteiger partial charge on any atom is -0.393 e. The Morgan fingerprint density at radius 3 is 2.30 bits per heavy atom. The van der Waals surface area contributed by atoms with Crippen LogP contribution in [0.4, 0.5) is 11.4 Å². The van der Waals surface area contributed by atoms with Gasteiger partial charge in [0.05, 0.1) is 15.9 Å². The van der Waals surface area contributed by atoms with Crippen LogP contribution in [0.5, 0.6) is 0 Å². The van der Waals surface area contributed by atoms with Crippen LogP contribution in [0.25, 0.3) is 0 Å². The van der Waals surface area contributed by atoms with Gasteiger partial charge in [0.25, 0.3) is 5.69 Å². The molecule has 2 heterocycles. The van der Waals surface area contributed by atoms with Crippen molar-refractivity contribution >= 4 is 21.4 Å². The van der Waals surface area contributed by atoms with E-state index in [0.29, 0.717) is 44.7 Å². The van der Waals surface area contributed by atoms with Crippen LogP contribution in [0.3, 0.4) is 0 Å². The Balaban J connectivity index is 1.92. The molecule has 3 rings (SSSR count). The van der Waals surface area contributed by atoms with Crippen molar-refractivity contribution in [2.45, 2.75) is 44.1 Å². The number of nitro benzene ring substituents is 1. The van der Waals surface area contributed by atoms with E-state index < -0.39 is 14.9 Å². The summed E-state index contributed by atoms with van der Waals surface area (Å²) < 4.78 is 27.5. The summed E-state index contributed by atoms with van der Waals surface area (Å²) in [6, 6.07) is 4.17. The molecule has 0 aromatic heterocycles. The maximum Gasteiger partial charge on any atom is 0.293 e. The molecule has 2 saturated heterocycles. The number of piperidine rings is 2. The molecular weight excluding hydrogens is 370 g/mol. The number of aliphatic hydroxyl groups excluding tert-OH is 1. The maximum absolute atomic E-state index is 13.0. The predicted octanol–water partition coefficient (Wildman–Crippen LogP) is 2.22. The quantitative estimate of drug-likeness (QED) is 0.617. The van der Waals surface area contributed by atoms with E-state index >= 15 is 0 Å². The van der Waals surface area contributed by atoms with Crippen LogP contribution >= 0.6 is 0 Å². The minimum absolute atomic E-state index is 0.0312. The number of nitrogens with zero attached hydrogens (tertiary/aromatic N) is 3. The molecule has 2 fully saturated rings. The van der Waals surface area contributed by atoms with Gasteiger partial charge in [0.15, 0.2) is 0 Å². The first-order chi connectivity index (χ1) is 12.7. The van der Waals surface area contributed by atoms with Gasteiger partial charge in [-0.15, -0.1) is 0 Å². The molecule has 2 atom stereocenters. The summed E-state index contributed by atoms with van der Waals surface area (Å²) in [5.74, 6) is 0.523. The monoisotopic (exact) mass is 397 g/mol. The highest BCUT2D eigenvalue weighted by Gasteiger charge is 2.33. The largest absolute Gasteiger partial charge is 0.393 e. The van der Waals surface area contributed by atoms with Gasteiger partial charge in [0.2, 0.25) is 10.0 Å². The molecule has 0 spiro atoms. The first-order valence-corrected chi connectivity index (χ1v) is 10.8. The molecule has 2 aliphatic rings. The van der Waals surface area contributed by atoms with Gasteiger partial charge < -0.3 is 10.0 Å². The van der Waals surface area contributed by atoms with Crippen LogP contribution in [0, 0.1) is 22.0 Å². The van der Waals surface area contributed by atoms with Crippen molar-refractivity contribution in [2.24, 2.45) is 11.8 Å². The second kappa shape index (κ2) is 7.73. The van der Waals surface area contributed by atoms with Gasteiger partial charge >= 0.3 is 0 Å². The van der Waals surface area contributed by atoms with Gasteiger partial charge in [-0.1, -0.05) is 13.8 Å². The summed E-state index contributed by atoms with van der Waals surface area (Å²) in [6.45, 7) is 5.94. The van der Waals surface area contributed by atoms with E-state index in [1.165, 1.54) is 22.5 Å². The van der Waals surface area contributed by atoms with Crippen LogP contribution in [0.2, 0.25) is 0 Å². The van der Waals surface area contributed by atoms with E-state index in [9.17, 15) is 23.6 Å². The average Bonchev–Trinajstić information content (AvgIpc) is 2.61. The van der Waals surface area contributed by atoms with E-state index in [1.807, 2.05) is 18.7 Å². The van der Waals surface area contributed by atoms with Crippen LogP contribution in [0.1, 0.15) is 33.1 Å². The molecule has 0 radical (unpaired) electrons. The highest BCUT2D eigenvalue weighted by atomic mass is 32.2. The summed E-state index contributed by atoms with van der Waals surface area (Å²) in [4.78, 5) is 12.9. The molecule has 0 amide bonds. The van der Waals surface area contributed by atoms with Crippen molar-refractivity contribution in [2.75, 3.05) is 31.1 Å². The lowest BCUT2D eigenvalue weighted by Gasteiger charge is -2.34. The first kappa shape index (κ1) is 20.0. The highest BCUT2D eigenvalue weighted by Crippen LogP contribution is 2.34. The van der Waals surface area contributed by atoms with Crippen LogP contribution in [-0.2, 0) is 10.0 Å². The van der Waals surface area contributed by atoms with Gasteiger partial charge in [0, 0.05) is 32.2 Å². The Kier molecular flexibility index (Phi) is 5.73. The minimum atomic E-state index is -3.77. The summed E-state index contributed by atoms with van der Waals surface area (Å²) >= 11 is 0. The zero-order valence-electron chi connectivity index (χ0n) is 15.7. The molecule has 1 N–H and O–H groups in total. The topological polar surface area (TPSA) is 104 Å². The second-order valence-electron chi connectivity index (χ2n) is 7.89. The van der Waals surface area contributed by atoms with Crippen molar-refractivity contribution in [1.29, 1.82) is 0 Å². The normalized spacial score (nSPS) is 25.5. The summed E-state index contributed by atoms with van der Waals surface area (Å²) in [5.41, 5.74) is 0.205. The summed E-state index contributed by atoms with van der Waals surface area (Å²) in [5, 5.41) is 21.3. The highest BCUT2D eigenvalue weighted by molar-refractivity contribution is 7.89. The summed E-state index contributed by atoms with van der Waals surface area (Å²) in [7, 11) is -3.77. The number of anilines is 1. The number of rotatable bonds is 4. The molecule has 150 valence electrons. The fourth-order valence-corrected chi connectivity index (χ4v) is 5.84. The third-order valence-corrected chi connectivity index (χ3v) is 7.25. The SMILES string of the molecule is C[C@@H]1C[C@H](C)CN(S(=O)(=O)c2ccc(N3CCC(O)CC3)c([N+](=O)[O-])c2)C1. The van der Waals surface area contributed by atoms with Crippen LogP contribution in [0.15, 0.2) is 23.1 Å². The molecule has 1 aromatic rings. The van der Waals surface area contributed by atoms with E-state index in [-0.39, 0.29) is 28.5 Å². The van der Waals surface area contributed by atoms with E-state index in [2.05, 4.69) is 0 Å². The molecule has 0 saturated carbocycles. The summed E-state index contributed by atoms with van der Waals surface area (Å²) in [6.07, 6.45) is 1.68. The zero-order valence-corrected chi connectivity index (χ0v) is 16.6. The second-order valence-corrected chi connectivity index (χ2v) is 9.83. The lowest BCUT2D eigenvalue weighted by Crippen LogP contribution is -2.42. The van der Waals surface area contributed by atoms with E-state index in [1.54, 1.807) is 0 Å². The zero-order chi connectivity index (χ0) is 19.8. The van der Waals surface area contributed by atoms with E-state index in [4.69, 9.17) is 0 Å². The molecule has 27 heavy (non-hydrogen) atoms. The third-order valence-electron chi connectivity index (χ3n) is 5.42. The molecule has 0 bridgehead atoms. The smallest absolute Gasteiger partial charge is 0.293 e. The van der Waals surface area contributed by atoms with Crippen molar-refractivity contribution < 1.29 is 18.4 Å². The average molecular weight is 397 g/mol. The maximum atomic E-state index is 13.0. The Bertz CT molecular complexity index is 795. The van der Waals surface area contributed by atoms with Gasteiger partial charge in [-0.3, -0.25) is 10.1 Å². The first-order valence-electron chi connectivity index (χ1n) is 9.40. The fraction of sp³-hybridized carbons (Fsp3) is 0.667. The van der Waals surface area contributed by atoms with E-state index in [0.717, 1.165) is 6.42 Å². The lowest BCUT2D eigenvalue weighted by molar-refractivity contribution is -0.384. The standard InChI is InChI=1S/C18H27N3O5S/c1-13-9-14(2)12-20(11-13)27(25,26)16-3-4-17(18(10-16)21(23)24)19-7-5-15(22)6-8-19/h3-4,10,13-15,22H,5-9,11-12H2,1-2H3/t13-,14+. The van der Waals surface area contributed by atoms with Gasteiger partial charge in [-0.25, -0.2) is 8.42 Å². The van der Waals surface area contributed by atoms with Crippen LogP contribution in [-0.4, -0.2) is 55.0 Å². The predicted molar refractivity (Wildman–Crippen MR) is 102 cm³/mol. The number of hydrogen-bond donors (Lipinski definition) is 1. The van der Waals surface area contributed by atoms with Gasteiger partial charge in [0.1, 0.15) is 5.69 Å². The Morgan fingerprint density at radius 1 is 1.15 bits per heavy atom. The molecule has 0 aliphatic carbocycles. The third kappa shape index (κ3) is 4.25. The van der Waals surface area contributed by atoms with Crippen molar-refractivity contribution in [3.8, 4) is 0 Å². The van der Waals surface area contributed by atoms with Crippen molar-refractivity contribution in [3.05, 3.63) is 28.3 Å². The molecule has 1 aromatic carbocycles. The molecule has 0 unspecified atom stereocenters. The number of sulfonamides is 1. The lowest BCUT2D eigenvalue weighted by atomic mass is 9.94. The molecule has 8 nitrogen and oxygen atoms in total. The van der Waals surface area contributed by atoms with Crippen molar-refractivity contribution in [3.63, 3.8) is 0 Å². The van der Waals surface area contributed by atoms with Crippen LogP contribution < -0.4 is 4.90 Å². The molecule has 9 heteroatoms. The Labute approximate surface area is 160 Å². The molecular formula is C18H27N3O5S. The van der Waals surface area contributed by atoms with Gasteiger partial charge in [-0.2, -0.15) is 4.31 Å². The number of benzene rings is 1. The Morgan fingerprint density at radius 2 is 1.74 bits per heavy atom.